The van der Waals surface area contributed by atoms with E-state index in [1.807, 2.05) is 13.8 Å². The van der Waals surface area contributed by atoms with Crippen LogP contribution in [0.3, 0.4) is 0 Å². The Bertz CT molecular complexity index is 369. The van der Waals surface area contributed by atoms with Gasteiger partial charge in [-0.2, -0.15) is 0 Å². The summed E-state index contributed by atoms with van der Waals surface area (Å²) in [6.07, 6.45) is 2.37. The molecule has 3 nitrogen and oxygen atoms in total. The number of hydrogen-bond acceptors (Lipinski definition) is 3. The number of nitrogens with two attached hydrogens (primary N) is 1. The predicted molar refractivity (Wildman–Crippen MR) is 73.0 cm³/mol. The highest BCUT2D eigenvalue weighted by atomic mass is 16.5. The molecule has 0 aromatic heterocycles. The van der Waals surface area contributed by atoms with Gasteiger partial charge >= 0.3 is 0 Å². The summed E-state index contributed by atoms with van der Waals surface area (Å²) < 4.78 is 11.1. The molecule has 0 saturated carbocycles. The second-order valence-corrected chi connectivity index (χ2v) is 5.36. The Morgan fingerprint density at radius 3 is 2.39 bits per heavy atom. The molecule has 0 amide bonds. The summed E-state index contributed by atoms with van der Waals surface area (Å²) in [5, 5.41) is 0. The molecule has 1 fully saturated rings. The van der Waals surface area contributed by atoms with Crippen LogP contribution in [0.1, 0.15) is 32.3 Å². The number of hydrogen-bond donors (Lipinski definition) is 1. The molecule has 0 unspecified atom stereocenters. The Labute approximate surface area is 109 Å². The highest BCUT2D eigenvalue weighted by Gasteiger charge is 2.39. The van der Waals surface area contributed by atoms with Gasteiger partial charge in [0, 0.05) is 5.41 Å². The fraction of sp³-hybridized carbons (Fsp3) is 0.600. The first-order valence-corrected chi connectivity index (χ1v) is 6.71. The average Bonchev–Trinajstić information content (AvgIpc) is 2.29. The van der Waals surface area contributed by atoms with E-state index in [9.17, 15) is 0 Å². The van der Waals surface area contributed by atoms with Crippen molar-refractivity contribution in [3.63, 3.8) is 0 Å². The van der Waals surface area contributed by atoms with Gasteiger partial charge in [-0.1, -0.05) is 12.1 Å². The van der Waals surface area contributed by atoms with Crippen LogP contribution < -0.4 is 10.5 Å². The lowest BCUT2D eigenvalue weighted by molar-refractivity contribution is -0.0649. The largest absolute Gasteiger partial charge is 0.491 e. The van der Waals surface area contributed by atoms with Crippen LogP contribution in [0, 0.1) is 0 Å². The summed E-state index contributed by atoms with van der Waals surface area (Å²) in [7, 11) is 0. The molecular weight excluding hydrogens is 226 g/mol. The van der Waals surface area contributed by atoms with Gasteiger partial charge < -0.3 is 15.2 Å². The van der Waals surface area contributed by atoms with Gasteiger partial charge in [0.1, 0.15) is 5.75 Å². The van der Waals surface area contributed by atoms with Gasteiger partial charge in [-0.15, -0.1) is 0 Å². The first-order chi connectivity index (χ1) is 8.66. The lowest BCUT2D eigenvalue weighted by atomic mass is 9.75. The molecule has 2 N–H and O–H groups in total. The Balaban J connectivity index is 2.07. The van der Waals surface area contributed by atoms with Crippen LogP contribution >= 0.6 is 0 Å². The third-order valence-electron chi connectivity index (χ3n) is 3.45. The number of rotatable bonds is 6. The molecule has 1 aliphatic rings. The second kappa shape index (κ2) is 5.72. The summed E-state index contributed by atoms with van der Waals surface area (Å²) in [4.78, 5) is 0. The first kappa shape index (κ1) is 13.4. The van der Waals surface area contributed by atoms with Crippen LogP contribution in [0.2, 0.25) is 0 Å². The molecule has 1 aromatic rings. The van der Waals surface area contributed by atoms with Crippen LogP contribution in [0.25, 0.3) is 0 Å². The molecule has 1 aromatic carbocycles. The summed E-state index contributed by atoms with van der Waals surface area (Å²) >= 11 is 0. The number of benzene rings is 1. The monoisotopic (exact) mass is 249 g/mol. The van der Waals surface area contributed by atoms with Crippen molar-refractivity contribution in [2.45, 2.75) is 38.2 Å². The van der Waals surface area contributed by atoms with Crippen LogP contribution in [0.4, 0.5) is 0 Å². The average molecular weight is 249 g/mol. The topological polar surface area (TPSA) is 44.5 Å². The first-order valence-electron chi connectivity index (χ1n) is 6.71. The fourth-order valence-corrected chi connectivity index (χ4v) is 2.40. The Kier molecular flexibility index (Phi) is 4.25. The van der Waals surface area contributed by atoms with Crippen LogP contribution in [0.5, 0.6) is 5.75 Å². The van der Waals surface area contributed by atoms with E-state index in [0.717, 1.165) is 38.3 Å². The maximum absolute atomic E-state index is 5.66. The van der Waals surface area contributed by atoms with E-state index in [1.165, 1.54) is 5.56 Å². The molecule has 0 bridgehead atoms. The summed E-state index contributed by atoms with van der Waals surface area (Å²) in [5.74, 6) is 0.933. The highest BCUT2D eigenvalue weighted by molar-refractivity contribution is 5.34. The molecule has 0 atom stereocenters. The molecule has 0 spiro atoms. The summed E-state index contributed by atoms with van der Waals surface area (Å²) in [5.41, 5.74) is 7.15. The van der Waals surface area contributed by atoms with Gasteiger partial charge in [-0.25, -0.2) is 0 Å². The minimum absolute atomic E-state index is 0.190. The van der Waals surface area contributed by atoms with Gasteiger partial charge in [-0.3, -0.25) is 0 Å². The van der Waals surface area contributed by atoms with Crippen molar-refractivity contribution in [3.05, 3.63) is 29.8 Å². The zero-order valence-electron chi connectivity index (χ0n) is 11.3. The molecule has 0 radical (unpaired) electrons. The summed E-state index contributed by atoms with van der Waals surface area (Å²) in [6.45, 7) is 6.46. The quantitative estimate of drug-likeness (QED) is 0.842. The predicted octanol–water partition coefficient (Wildman–Crippen LogP) is 2.48. The minimum atomic E-state index is 0.190. The maximum Gasteiger partial charge on any atom is 0.119 e. The fourth-order valence-electron chi connectivity index (χ4n) is 2.40. The SMILES string of the molecule is CC(C)Oc1ccc(C2(CCCN)COC2)cc1. The standard InChI is InChI=1S/C15H23NO2/c1-12(2)18-14-6-4-13(5-7-14)15(8-3-9-16)10-17-11-15/h4-7,12H,3,8-11,16H2,1-2H3. The van der Waals surface area contributed by atoms with E-state index in [0.29, 0.717) is 0 Å². The molecule has 3 heteroatoms. The smallest absolute Gasteiger partial charge is 0.119 e. The van der Waals surface area contributed by atoms with Crippen molar-refractivity contribution >= 4 is 0 Å². The van der Waals surface area contributed by atoms with Crippen LogP contribution in [-0.2, 0) is 10.2 Å². The molecule has 1 heterocycles. The van der Waals surface area contributed by atoms with Crippen LogP contribution in [-0.4, -0.2) is 25.9 Å². The van der Waals surface area contributed by atoms with Gasteiger partial charge in [0.05, 0.1) is 19.3 Å². The molecule has 1 aliphatic heterocycles. The minimum Gasteiger partial charge on any atom is -0.491 e. The zero-order valence-corrected chi connectivity index (χ0v) is 11.3. The van der Waals surface area contributed by atoms with Gasteiger partial charge in [0.25, 0.3) is 0 Å². The van der Waals surface area contributed by atoms with Crippen molar-refractivity contribution in [2.75, 3.05) is 19.8 Å². The van der Waals surface area contributed by atoms with Crippen molar-refractivity contribution in [1.82, 2.24) is 0 Å². The molecule has 1 saturated heterocycles. The maximum atomic E-state index is 5.66. The Morgan fingerprint density at radius 1 is 1.28 bits per heavy atom. The third-order valence-corrected chi connectivity index (χ3v) is 3.45. The van der Waals surface area contributed by atoms with Crippen molar-refractivity contribution in [3.8, 4) is 5.75 Å². The van der Waals surface area contributed by atoms with E-state index in [1.54, 1.807) is 0 Å². The van der Waals surface area contributed by atoms with E-state index in [2.05, 4.69) is 24.3 Å². The Hall–Kier alpha value is -1.06. The van der Waals surface area contributed by atoms with E-state index in [-0.39, 0.29) is 11.5 Å². The highest BCUT2D eigenvalue weighted by Crippen LogP contribution is 2.37. The van der Waals surface area contributed by atoms with Crippen molar-refractivity contribution in [1.29, 1.82) is 0 Å². The lowest BCUT2D eigenvalue weighted by Gasteiger charge is -2.42. The summed E-state index contributed by atoms with van der Waals surface area (Å²) in [6, 6.07) is 8.43. The molecule has 100 valence electrons. The molecule has 2 rings (SSSR count). The molecular formula is C15H23NO2. The second-order valence-electron chi connectivity index (χ2n) is 5.36. The van der Waals surface area contributed by atoms with E-state index in [4.69, 9.17) is 15.2 Å². The third kappa shape index (κ3) is 2.85. The van der Waals surface area contributed by atoms with Crippen LogP contribution in [0.15, 0.2) is 24.3 Å². The number of ether oxygens (including phenoxy) is 2. The van der Waals surface area contributed by atoms with Gasteiger partial charge in [0.2, 0.25) is 0 Å². The van der Waals surface area contributed by atoms with Gasteiger partial charge in [-0.05, 0) is 50.9 Å². The van der Waals surface area contributed by atoms with E-state index >= 15 is 0 Å². The lowest BCUT2D eigenvalue weighted by Crippen LogP contribution is -2.46. The van der Waals surface area contributed by atoms with Gasteiger partial charge in [0.15, 0.2) is 0 Å². The van der Waals surface area contributed by atoms with Crippen molar-refractivity contribution in [2.24, 2.45) is 5.73 Å². The molecule has 0 aliphatic carbocycles. The zero-order chi connectivity index (χ0) is 13.0. The van der Waals surface area contributed by atoms with E-state index < -0.39 is 0 Å². The normalized spacial score (nSPS) is 17.6. The molecule has 18 heavy (non-hydrogen) atoms. The Morgan fingerprint density at radius 2 is 1.94 bits per heavy atom. The van der Waals surface area contributed by atoms with Crippen molar-refractivity contribution < 1.29 is 9.47 Å².